The first-order valence-electron chi connectivity index (χ1n) is 4.68. The highest BCUT2D eigenvalue weighted by molar-refractivity contribution is 4.84. The fourth-order valence-corrected chi connectivity index (χ4v) is 2.15. The molecule has 2 nitrogen and oxygen atoms in total. The summed E-state index contributed by atoms with van der Waals surface area (Å²) in [4.78, 5) is 2.48. The van der Waals surface area contributed by atoms with Crippen LogP contribution in [0.1, 0.15) is 33.1 Å². The maximum Gasteiger partial charge on any atom is 0.111 e. The molecule has 11 heavy (non-hydrogen) atoms. The van der Waals surface area contributed by atoms with Gasteiger partial charge < -0.3 is 4.74 Å². The van der Waals surface area contributed by atoms with E-state index in [1.807, 2.05) is 0 Å². The van der Waals surface area contributed by atoms with Crippen LogP contribution in [0.15, 0.2) is 0 Å². The summed E-state index contributed by atoms with van der Waals surface area (Å²) in [5, 5.41) is 0. The van der Waals surface area contributed by atoms with Crippen LogP contribution < -0.4 is 0 Å². The first kappa shape index (κ1) is 7.56. The van der Waals surface area contributed by atoms with Crippen LogP contribution in [0.4, 0.5) is 0 Å². The lowest BCUT2D eigenvalue weighted by atomic mass is 10.1. The fourth-order valence-electron chi connectivity index (χ4n) is 2.15. The lowest BCUT2D eigenvalue weighted by Crippen LogP contribution is -2.35. The van der Waals surface area contributed by atoms with Gasteiger partial charge in [0.2, 0.25) is 0 Å². The van der Waals surface area contributed by atoms with Gasteiger partial charge in [-0.2, -0.15) is 0 Å². The van der Waals surface area contributed by atoms with E-state index < -0.39 is 0 Å². The third kappa shape index (κ3) is 1.30. The van der Waals surface area contributed by atoms with Gasteiger partial charge in [0, 0.05) is 12.6 Å². The zero-order valence-electron chi connectivity index (χ0n) is 7.42. The minimum Gasteiger partial charge on any atom is -0.359 e. The smallest absolute Gasteiger partial charge is 0.111 e. The second kappa shape index (κ2) is 2.76. The van der Waals surface area contributed by atoms with E-state index in [1.165, 1.54) is 25.8 Å². The fraction of sp³-hybridized carbons (Fsp3) is 1.00. The van der Waals surface area contributed by atoms with Crippen molar-refractivity contribution in [3.8, 4) is 0 Å². The Bertz CT molecular complexity index is 146. The average molecular weight is 155 g/mol. The third-order valence-electron chi connectivity index (χ3n) is 2.77. The van der Waals surface area contributed by atoms with Crippen LogP contribution in [0, 0.1) is 0 Å². The van der Waals surface area contributed by atoms with Gasteiger partial charge in [-0.15, -0.1) is 0 Å². The van der Waals surface area contributed by atoms with Gasteiger partial charge in [0.25, 0.3) is 0 Å². The predicted molar refractivity (Wildman–Crippen MR) is 44.4 cm³/mol. The van der Waals surface area contributed by atoms with Crippen LogP contribution in [0.5, 0.6) is 0 Å². The maximum absolute atomic E-state index is 5.80. The summed E-state index contributed by atoms with van der Waals surface area (Å²) in [5.74, 6) is 0. The summed E-state index contributed by atoms with van der Waals surface area (Å²) < 4.78 is 5.80. The number of hydrogen-bond acceptors (Lipinski definition) is 2. The molecule has 2 aliphatic heterocycles. The molecule has 0 spiro atoms. The summed E-state index contributed by atoms with van der Waals surface area (Å²) in [5.41, 5.74) is 0. The number of fused-ring (bicyclic) bond motifs is 2. The van der Waals surface area contributed by atoms with Gasteiger partial charge in [-0.25, -0.2) is 0 Å². The van der Waals surface area contributed by atoms with Crippen LogP contribution in [0.25, 0.3) is 0 Å². The van der Waals surface area contributed by atoms with Crippen LogP contribution in [-0.4, -0.2) is 29.8 Å². The summed E-state index contributed by atoms with van der Waals surface area (Å²) in [6.07, 6.45) is 4.89. The first-order valence-corrected chi connectivity index (χ1v) is 4.68. The van der Waals surface area contributed by atoms with E-state index in [2.05, 4.69) is 18.7 Å². The van der Waals surface area contributed by atoms with Crippen molar-refractivity contribution in [2.45, 2.75) is 51.5 Å². The highest BCUT2D eigenvalue weighted by Crippen LogP contribution is 2.30. The zero-order valence-corrected chi connectivity index (χ0v) is 7.42. The molecule has 0 aromatic carbocycles. The molecule has 2 unspecified atom stereocenters. The Morgan fingerprint density at radius 2 is 2.18 bits per heavy atom. The van der Waals surface area contributed by atoms with Crippen LogP contribution >= 0.6 is 0 Å². The van der Waals surface area contributed by atoms with E-state index >= 15 is 0 Å². The molecule has 0 aromatic heterocycles. The SMILES string of the molecule is CC(C)N1CC2CCCC1O2. The molecule has 2 aliphatic rings. The summed E-state index contributed by atoms with van der Waals surface area (Å²) in [7, 11) is 0. The summed E-state index contributed by atoms with van der Waals surface area (Å²) in [6, 6.07) is 0.656. The van der Waals surface area contributed by atoms with Gasteiger partial charge in [0.05, 0.1) is 6.10 Å². The Balaban J connectivity index is 2.03. The normalized spacial score (nSPS) is 38.5. The lowest BCUT2D eigenvalue weighted by molar-refractivity contribution is -0.0405. The minimum absolute atomic E-state index is 0.453. The first-order chi connectivity index (χ1) is 5.27. The minimum atomic E-state index is 0.453. The molecule has 2 heteroatoms. The van der Waals surface area contributed by atoms with Gasteiger partial charge in [-0.1, -0.05) is 0 Å². The zero-order chi connectivity index (χ0) is 7.84. The second-order valence-electron chi connectivity index (χ2n) is 3.93. The summed E-state index contributed by atoms with van der Waals surface area (Å²) >= 11 is 0. The van der Waals surface area contributed by atoms with E-state index in [4.69, 9.17) is 4.74 Å². The standard InChI is InChI=1S/C9H17NO/c1-7(2)10-6-8-4-3-5-9(10)11-8/h7-9H,3-6H2,1-2H3. The van der Waals surface area contributed by atoms with Gasteiger partial charge >= 0.3 is 0 Å². The van der Waals surface area contributed by atoms with Crippen molar-refractivity contribution in [2.75, 3.05) is 6.54 Å². The monoisotopic (exact) mass is 155 g/mol. The van der Waals surface area contributed by atoms with Crippen LogP contribution in [0.2, 0.25) is 0 Å². The number of hydrogen-bond donors (Lipinski definition) is 0. The van der Waals surface area contributed by atoms with E-state index in [-0.39, 0.29) is 0 Å². The molecule has 2 atom stereocenters. The molecule has 2 bridgehead atoms. The Hall–Kier alpha value is -0.0800. The number of likely N-dealkylation sites (tertiary alicyclic amines) is 1. The highest BCUT2D eigenvalue weighted by Gasteiger charge is 2.36. The van der Waals surface area contributed by atoms with Gasteiger partial charge in [-0.05, 0) is 33.1 Å². The van der Waals surface area contributed by atoms with Crippen LogP contribution in [0.3, 0.4) is 0 Å². The summed E-state index contributed by atoms with van der Waals surface area (Å²) in [6.45, 7) is 5.68. The van der Waals surface area contributed by atoms with Crippen molar-refractivity contribution in [1.82, 2.24) is 4.90 Å². The Morgan fingerprint density at radius 3 is 2.82 bits per heavy atom. The molecular weight excluding hydrogens is 138 g/mol. The molecule has 0 amide bonds. The molecule has 2 heterocycles. The highest BCUT2D eigenvalue weighted by atomic mass is 16.5. The van der Waals surface area contributed by atoms with Gasteiger partial charge in [0.15, 0.2) is 0 Å². The molecular formula is C9H17NO. The molecule has 2 saturated heterocycles. The van der Waals surface area contributed by atoms with Crippen molar-refractivity contribution in [3.63, 3.8) is 0 Å². The average Bonchev–Trinajstić information content (AvgIpc) is 2.27. The molecule has 0 aromatic rings. The van der Waals surface area contributed by atoms with Crippen molar-refractivity contribution >= 4 is 0 Å². The topological polar surface area (TPSA) is 12.5 Å². The number of rotatable bonds is 1. The molecule has 0 N–H and O–H groups in total. The van der Waals surface area contributed by atoms with Crippen molar-refractivity contribution in [3.05, 3.63) is 0 Å². The number of ether oxygens (including phenoxy) is 1. The van der Waals surface area contributed by atoms with Crippen LogP contribution in [-0.2, 0) is 4.74 Å². The molecule has 0 saturated carbocycles. The molecule has 2 rings (SSSR count). The largest absolute Gasteiger partial charge is 0.359 e. The molecule has 0 aliphatic carbocycles. The second-order valence-corrected chi connectivity index (χ2v) is 3.93. The van der Waals surface area contributed by atoms with E-state index in [9.17, 15) is 0 Å². The Morgan fingerprint density at radius 1 is 1.36 bits per heavy atom. The van der Waals surface area contributed by atoms with Crippen molar-refractivity contribution in [1.29, 1.82) is 0 Å². The van der Waals surface area contributed by atoms with E-state index in [1.54, 1.807) is 0 Å². The predicted octanol–water partition coefficient (Wildman–Crippen LogP) is 1.61. The quantitative estimate of drug-likeness (QED) is 0.570. The van der Waals surface area contributed by atoms with Crippen molar-refractivity contribution in [2.24, 2.45) is 0 Å². The molecule has 0 radical (unpaired) electrons. The maximum atomic E-state index is 5.80. The molecule has 64 valence electrons. The van der Waals surface area contributed by atoms with Gasteiger partial charge in [-0.3, -0.25) is 4.90 Å². The van der Waals surface area contributed by atoms with E-state index in [0.717, 1.165) is 0 Å². The third-order valence-corrected chi connectivity index (χ3v) is 2.77. The van der Waals surface area contributed by atoms with Crippen molar-refractivity contribution < 1.29 is 4.74 Å². The Kier molecular flexibility index (Phi) is 1.90. The Labute approximate surface area is 68.5 Å². The number of nitrogens with zero attached hydrogens (tertiary/aromatic N) is 1. The van der Waals surface area contributed by atoms with Gasteiger partial charge in [0.1, 0.15) is 6.23 Å². The van der Waals surface area contributed by atoms with E-state index in [0.29, 0.717) is 18.4 Å². The molecule has 2 fully saturated rings. The lowest BCUT2D eigenvalue weighted by Gasteiger charge is -2.26.